The van der Waals surface area contributed by atoms with Crippen LogP contribution in [-0.2, 0) is 47.7 Å². The average molecular weight is 639 g/mol. The van der Waals surface area contributed by atoms with Crippen LogP contribution in [0, 0.1) is 0 Å². The number of allylic oxidation sites excluding steroid dienone is 6. The number of hydrogen-bond donors (Lipinski definition) is 2. The summed E-state index contributed by atoms with van der Waals surface area (Å²) in [6.45, 7) is 7.57. The smallest absolute Gasteiger partial charge is 0.304 e. The highest BCUT2D eigenvalue weighted by Crippen LogP contribution is 2.46. The summed E-state index contributed by atoms with van der Waals surface area (Å²) < 4.78 is 22.1. The van der Waals surface area contributed by atoms with Crippen molar-refractivity contribution >= 4 is 35.1 Å². The molecule has 4 atom stereocenters. The van der Waals surface area contributed by atoms with Crippen molar-refractivity contribution in [2.45, 2.75) is 103 Å². The van der Waals surface area contributed by atoms with E-state index in [0.29, 0.717) is 50.0 Å². The second-order valence-corrected chi connectivity index (χ2v) is 12.2. The molecule has 2 aliphatic carbocycles. The van der Waals surface area contributed by atoms with Crippen molar-refractivity contribution in [2.75, 3.05) is 0 Å². The van der Waals surface area contributed by atoms with E-state index in [1.807, 2.05) is 0 Å². The number of fused-ring (bicyclic) bond motifs is 2. The highest BCUT2D eigenvalue weighted by atomic mass is 16.6. The first kappa shape index (κ1) is 34.5. The normalized spacial score (nSPS) is 25.7. The summed E-state index contributed by atoms with van der Waals surface area (Å²) >= 11 is 0. The number of ketones is 4. The van der Waals surface area contributed by atoms with Crippen molar-refractivity contribution in [3.63, 3.8) is 0 Å². The fourth-order valence-electron chi connectivity index (χ4n) is 5.81. The molecule has 0 fully saturated rings. The number of aliphatic hydroxyl groups is 2. The van der Waals surface area contributed by atoms with E-state index in [0.717, 1.165) is 40.2 Å². The van der Waals surface area contributed by atoms with Gasteiger partial charge < -0.3 is 29.2 Å². The Hall–Kier alpha value is -4.42. The van der Waals surface area contributed by atoms with Gasteiger partial charge in [0.15, 0.2) is 0 Å². The van der Waals surface area contributed by atoms with Crippen LogP contribution in [0.2, 0.25) is 0 Å². The van der Waals surface area contributed by atoms with Crippen LogP contribution in [0.15, 0.2) is 69.6 Å². The average Bonchev–Trinajstić information content (AvgIpc) is 2.96. The molecule has 0 aromatic rings. The first-order valence-corrected chi connectivity index (χ1v) is 15.1. The van der Waals surface area contributed by atoms with Gasteiger partial charge in [0.25, 0.3) is 0 Å². The zero-order chi connectivity index (χ0) is 34.1. The van der Waals surface area contributed by atoms with Crippen LogP contribution in [0.3, 0.4) is 0 Å². The molecule has 0 aromatic carbocycles. The molecule has 2 heterocycles. The maximum absolute atomic E-state index is 14.5. The van der Waals surface area contributed by atoms with E-state index in [2.05, 4.69) is 0 Å². The Kier molecular flexibility index (Phi) is 9.83. The van der Waals surface area contributed by atoms with Gasteiger partial charge in [0.1, 0.15) is 24.0 Å². The second-order valence-electron chi connectivity index (χ2n) is 12.2. The Balaban J connectivity index is 2.03. The van der Waals surface area contributed by atoms with Gasteiger partial charge >= 0.3 is 11.9 Å². The Morgan fingerprint density at radius 2 is 1.04 bits per heavy atom. The number of aliphatic hydroxyl groups excluding tert-OH is 2. The van der Waals surface area contributed by atoms with E-state index in [-0.39, 0.29) is 33.4 Å². The monoisotopic (exact) mass is 638 g/mol. The van der Waals surface area contributed by atoms with Crippen molar-refractivity contribution < 1.29 is 57.9 Å². The van der Waals surface area contributed by atoms with Crippen molar-refractivity contribution in [1.29, 1.82) is 0 Å². The highest BCUT2D eigenvalue weighted by Gasteiger charge is 2.59. The Morgan fingerprint density at radius 3 is 1.35 bits per heavy atom. The molecular formula is C34H38O12. The van der Waals surface area contributed by atoms with Crippen LogP contribution in [-0.4, -0.2) is 68.7 Å². The minimum Gasteiger partial charge on any atom is -0.469 e. The first-order chi connectivity index (χ1) is 21.5. The molecule has 0 amide bonds. The topological polar surface area (TPSA) is 180 Å². The number of Topliss-reactive ketones (excluding diaryl/α,β-unsaturated/α-hetero) is 4. The van der Waals surface area contributed by atoms with E-state index >= 15 is 0 Å². The van der Waals surface area contributed by atoms with Gasteiger partial charge in [-0.15, -0.1) is 0 Å². The number of rotatable bonds is 11. The molecule has 0 saturated carbocycles. The summed E-state index contributed by atoms with van der Waals surface area (Å²) in [6.07, 6.45) is 6.47. The number of esters is 2. The van der Waals surface area contributed by atoms with Crippen molar-refractivity contribution in [3.05, 3.63) is 69.6 Å². The number of carbonyl (C=O) groups is 6. The fourth-order valence-corrected chi connectivity index (χ4v) is 5.81. The molecule has 0 saturated heterocycles. The lowest BCUT2D eigenvalue weighted by molar-refractivity contribution is -0.168. The Bertz CT molecular complexity index is 1480. The minimum atomic E-state index is -2.40. The summed E-state index contributed by atoms with van der Waals surface area (Å²) in [5, 5.41) is 19.4. The molecule has 0 aromatic heterocycles. The van der Waals surface area contributed by atoms with E-state index in [9.17, 15) is 39.0 Å². The summed E-state index contributed by atoms with van der Waals surface area (Å²) in [5.41, 5.74) is -5.75. The third-order valence-corrected chi connectivity index (χ3v) is 8.10. The number of carbonyl (C=O) groups excluding carboxylic acids is 6. The van der Waals surface area contributed by atoms with E-state index < -0.39 is 58.5 Å². The first-order valence-electron chi connectivity index (χ1n) is 15.1. The van der Waals surface area contributed by atoms with Gasteiger partial charge in [0, 0.05) is 49.0 Å². The molecule has 2 unspecified atom stereocenters. The molecule has 246 valence electrons. The van der Waals surface area contributed by atoms with Gasteiger partial charge in [0.2, 0.25) is 34.3 Å². The standard InChI is InChI=1S/C34H38O12/c1-17(35)9-7-11-21-13-23-25(15-43-21)29(39)33(5,45-19(3)37)31(41)27(23)28-24-14-22(12-8-10-18(2)36)44-16-26(24)30(40)34(6,32(28)42)46-20(4)38/h13-18,35-36H,7-12H2,1-6H3/t17?,18?,33-,34+. The predicted molar refractivity (Wildman–Crippen MR) is 160 cm³/mol. The van der Waals surface area contributed by atoms with Gasteiger partial charge in [-0.1, -0.05) is 0 Å². The highest BCUT2D eigenvalue weighted by molar-refractivity contribution is 6.37. The molecule has 4 rings (SSSR count). The van der Waals surface area contributed by atoms with E-state index in [4.69, 9.17) is 18.9 Å². The zero-order valence-corrected chi connectivity index (χ0v) is 26.7. The molecule has 0 spiro atoms. The molecule has 2 N–H and O–H groups in total. The van der Waals surface area contributed by atoms with E-state index in [1.54, 1.807) is 13.8 Å². The molecule has 12 nitrogen and oxygen atoms in total. The second kappa shape index (κ2) is 13.1. The summed E-state index contributed by atoms with van der Waals surface area (Å²) in [5.74, 6) is -5.00. The molecule has 46 heavy (non-hydrogen) atoms. The van der Waals surface area contributed by atoms with Crippen LogP contribution in [0.4, 0.5) is 0 Å². The van der Waals surface area contributed by atoms with Crippen molar-refractivity contribution in [3.8, 4) is 0 Å². The molecular weight excluding hydrogens is 600 g/mol. The van der Waals surface area contributed by atoms with Crippen LogP contribution in [0.1, 0.15) is 80.1 Å². The summed E-state index contributed by atoms with van der Waals surface area (Å²) in [7, 11) is 0. The zero-order valence-electron chi connectivity index (χ0n) is 26.7. The van der Waals surface area contributed by atoms with Gasteiger partial charge in [-0.05, 0) is 65.5 Å². The lowest BCUT2D eigenvalue weighted by atomic mass is 9.67. The third kappa shape index (κ3) is 6.45. The molecule has 0 bridgehead atoms. The van der Waals surface area contributed by atoms with Crippen LogP contribution >= 0.6 is 0 Å². The molecule has 4 aliphatic rings. The lowest BCUT2D eigenvalue weighted by Gasteiger charge is -2.39. The number of ether oxygens (including phenoxy) is 4. The fraction of sp³-hybridized carbons (Fsp3) is 0.471. The quantitative estimate of drug-likeness (QED) is 0.250. The minimum absolute atomic E-state index is 0.00296. The Morgan fingerprint density at radius 1 is 0.696 bits per heavy atom. The molecule has 2 aliphatic heterocycles. The van der Waals surface area contributed by atoms with Crippen LogP contribution in [0.25, 0.3) is 0 Å². The third-order valence-electron chi connectivity index (χ3n) is 8.10. The maximum atomic E-state index is 14.5. The van der Waals surface area contributed by atoms with Crippen molar-refractivity contribution in [2.24, 2.45) is 0 Å². The summed E-state index contributed by atoms with van der Waals surface area (Å²) in [6, 6.07) is 0. The lowest BCUT2D eigenvalue weighted by Crippen LogP contribution is -2.56. The molecule has 0 radical (unpaired) electrons. The van der Waals surface area contributed by atoms with E-state index in [1.165, 1.54) is 12.2 Å². The largest absolute Gasteiger partial charge is 0.469 e. The Labute approximate surface area is 266 Å². The SMILES string of the molecule is CC(=O)O[C@@]1(C)C(=O)C2=COC(CCCC(C)O)=CC2=C(C2=C3C=C(CCCC(C)O)OC=C3C(=O)[C@@](C)(OC(C)=O)C2=O)C1=O. The number of hydrogen-bond acceptors (Lipinski definition) is 12. The van der Waals surface area contributed by atoms with Gasteiger partial charge in [-0.25, -0.2) is 0 Å². The maximum Gasteiger partial charge on any atom is 0.304 e. The van der Waals surface area contributed by atoms with Crippen LogP contribution in [0.5, 0.6) is 0 Å². The summed E-state index contributed by atoms with van der Waals surface area (Å²) in [4.78, 5) is 80.7. The van der Waals surface area contributed by atoms with Gasteiger partial charge in [-0.2, -0.15) is 0 Å². The van der Waals surface area contributed by atoms with Gasteiger partial charge in [-0.3, -0.25) is 28.8 Å². The van der Waals surface area contributed by atoms with Crippen molar-refractivity contribution in [1.82, 2.24) is 0 Å². The molecule has 12 heteroatoms. The van der Waals surface area contributed by atoms with Crippen LogP contribution < -0.4 is 0 Å². The van der Waals surface area contributed by atoms with Gasteiger partial charge in [0.05, 0.1) is 23.4 Å². The predicted octanol–water partition coefficient (Wildman–Crippen LogP) is 3.23.